The fourth-order valence-electron chi connectivity index (χ4n) is 3.23. The first-order valence-corrected chi connectivity index (χ1v) is 8.38. The van der Waals surface area contributed by atoms with Gasteiger partial charge in [-0.05, 0) is 49.6 Å². The van der Waals surface area contributed by atoms with Gasteiger partial charge in [-0.25, -0.2) is 0 Å². The van der Waals surface area contributed by atoms with Gasteiger partial charge in [-0.15, -0.1) is 0 Å². The minimum Gasteiger partial charge on any atom is -0.507 e. The van der Waals surface area contributed by atoms with Gasteiger partial charge in [-0.2, -0.15) is 0 Å². The molecule has 0 radical (unpaired) electrons. The number of para-hydroxylation sites is 1. The van der Waals surface area contributed by atoms with E-state index in [0.717, 1.165) is 18.7 Å². The fraction of sp³-hybridized carbons (Fsp3) is 0.350. The topological polar surface area (TPSA) is 43.8 Å². The largest absolute Gasteiger partial charge is 0.507 e. The second-order valence-corrected chi connectivity index (χ2v) is 6.47. The lowest BCUT2D eigenvalue weighted by molar-refractivity contribution is 0.0743. The summed E-state index contributed by atoms with van der Waals surface area (Å²) in [5.41, 5.74) is 4.97. The fourth-order valence-corrected chi connectivity index (χ4v) is 3.23. The van der Waals surface area contributed by atoms with Gasteiger partial charge in [0.05, 0.1) is 5.56 Å². The monoisotopic (exact) mass is 324 g/mol. The number of nitrogens with zero attached hydrogens (tertiary/aromatic N) is 2. The molecule has 0 saturated carbocycles. The quantitative estimate of drug-likeness (QED) is 0.922. The van der Waals surface area contributed by atoms with Crippen LogP contribution < -0.4 is 4.90 Å². The van der Waals surface area contributed by atoms with E-state index in [4.69, 9.17) is 0 Å². The van der Waals surface area contributed by atoms with E-state index < -0.39 is 0 Å². The summed E-state index contributed by atoms with van der Waals surface area (Å²) in [6, 6.07) is 11.7. The molecule has 1 fully saturated rings. The molecule has 1 amide bonds. The number of phenols is 1. The smallest absolute Gasteiger partial charge is 0.257 e. The zero-order valence-corrected chi connectivity index (χ0v) is 14.5. The maximum Gasteiger partial charge on any atom is 0.257 e. The van der Waals surface area contributed by atoms with Crippen LogP contribution in [0.25, 0.3) is 0 Å². The number of carbonyl (C=O) groups excluding carboxylic acids is 1. The molecule has 0 aromatic heterocycles. The SMILES string of the molecule is Cc1cccc(N2CCN(C(=O)c3cccc(C)c3O)CC2)c1C. The van der Waals surface area contributed by atoms with E-state index in [2.05, 4.69) is 36.9 Å². The zero-order valence-electron chi connectivity index (χ0n) is 14.5. The first-order valence-electron chi connectivity index (χ1n) is 8.38. The standard InChI is InChI=1S/C20H24N2O2/c1-14-6-5-9-18(16(14)3)21-10-12-22(13-11-21)20(24)17-8-4-7-15(2)19(17)23/h4-9,23H,10-13H2,1-3H3. The van der Waals surface area contributed by atoms with Crippen molar-refractivity contribution in [2.45, 2.75) is 20.8 Å². The van der Waals surface area contributed by atoms with Crippen LogP contribution in [-0.4, -0.2) is 42.1 Å². The van der Waals surface area contributed by atoms with Gasteiger partial charge >= 0.3 is 0 Å². The molecular formula is C20H24N2O2. The summed E-state index contributed by atoms with van der Waals surface area (Å²) in [5.74, 6) is 0.0104. The number of aryl methyl sites for hydroxylation is 2. The van der Waals surface area contributed by atoms with Gasteiger partial charge < -0.3 is 14.9 Å². The summed E-state index contributed by atoms with van der Waals surface area (Å²) in [6.45, 7) is 9.03. The molecule has 0 bridgehead atoms. The third-order valence-electron chi connectivity index (χ3n) is 4.95. The summed E-state index contributed by atoms with van der Waals surface area (Å²) < 4.78 is 0. The minimum atomic E-state index is -0.0863. The predicted octanol–water partition coefficient (Wildman–Crippen LogP) is 3.28. The maximum absolute atomic E-state index is 12.7. The summed E-state index contributed by atoms with van der Waals surface area (Å²) in [5, 5.41) is 10.1. The highest BCUT2D eigenvalue weighted by molar-refractivity contribution is 5.97. The molecule has 1 saturated heterocycles. The van der Waals surface area contributed by atoms with Gasteiger partial charge in [0.15, 0.2) is 0 Å². The van der Waals surface area contributed by atoms with Crippen molar-refractivity contribution < 1.29 is 9.90 Å². The molecule has 4 heteroatoms. The Bertz CT molecular complexity index is 762. The van der Waals surface area contributed by atoms with Gasteiger partial charge in [0.2, 0.25) is 0 Å². The number of aromatic hydroxyl groups is 1. The minimum absolute atomic E-state index is 0.0863. The van der Waals surface area contributed by atoms with Crippen molar-refractivity contribution >= 4 is 11.6 Å². The third-order valence-corrected chi connectivity index (χ3v) is 4.95. The molecule has 126 valence electrons. The molecule has 1 N–H and O–H groups in total. The number of anilines is 1. The van der Waals surface area contributed by atoms with E-state index in [9.17, 15) is 9.90 Å². The van der Waals surface area contributed by atoms with Crippen molar-refractivity contribution in [3.05, 3.63) is 58.7 Å². The summed E-state index contributed by atoms with van der Waals surface area (Å²) in [4.78, 5) is 16.8. The predicted molar refractivity (Wildman–Crippen MR) is 96.9 cm³/mol. The zero-order chi connectivity index (χ0) is 17.3. The van der Waals surface area contributed by atoms with Crippen LogP contribution in [0.5, 0.6) is 5.75 Å². The van der Waals surface area contributed by atoms with Crippen molar-refractivity contribution in [3.63, 3.8) is 0 Å². The molecule has 0 spiro atoms. The molecule has 0 aliphatic carbocycles. The number of hydrogen-bond donors (Lipinski definition) is 1. The van der Waals surface area contributed by atoms with E-state index in [1.54, 1.807) is 6.07 Å². The lowest BCUT2D eigenvalue weighted by atomic mass is 10.1. The Balaban J connectivity index is 1.72. The van der Waals surface area contributed by atoms with Crippen molar-refractivity contribution in [2.75, 3.05) is 31.1 Å². The highest BCUT2D eigenvalue weighted by Crippen LogP contribution is 2.26. The lowest BCUT2D eigenvalue weighted by Gasteiger charge is -2.37. The number of amides is 1. The summed E-state index contributed by atoms with van der Waals surface area (Å²) in [6.07, 6.45) is 0. The molecule has 0 unspecified atom stereocenters. The van der Waals surface area contributed by atoms with Crippen LogP contribution in [0.3, 0.4) is 0 Å². The van der Waals surface area contributed by atoms with Crippen molar-refractivity contribution in [1.82, 2.24) is 4.90 Å². The van der Waals surface area contributed by atoms with Crippen LogP contribution in [0.2, 0.25) is 0 Å². The van der Waals surface area contributed by atoms with Crippen LogP contribution in [-0.2, 0) is 0 Å². The average Bonchev–Trinajstić information content (AvgIpc) is 2.59. The van der Waals surface area contributed by atoms with Crippen LogP contribution >= 0.6 is 0 Å². The summed E-state index contributed by atoms with van der Waals surface area (Å²) >= 11 is 0. The lowest BCUT2D eigenvalue weighted by Crippen LogP contribution is -2.49. The van der Waals surface area contributed by atoms with Gasteiger partial charge in [-0.1, -0.05) is 24.3 Å². The molecule has 3 rings (SSSR count). The number of rotatable bonds is 2. The number of piperazine rings is 1. The van der Waals surface area contributed by atoms with Gasteiger partial charge in [0, 0.05) is 31.9 Å². The van der Waals surface area contributed by atoms with Crippen LogP contribution in [0, 0.1) is 20.8 Å². The summed E-state index contributed by atoms with van der Waals surface area (Å²) in [7, 11) is 0. The second-order valence-electron chi connectivity index (χ2n) is 6.47. The average molecular weight is 324 g/mol. The van der Waals surface area contributed by atoms with E-state index in [1.165, 1.54) is 16.8 Å². The van der Waals surface area contributed by atoms with E-state index in [1.807, 2.05) is 24.0 Å². The Morgan fingerprint density at radius 3 is 2.25 bits per heavy atom. The molecule has 1 heterocycles. The van der Waals surface area contributed by atoms with Crippen LogP contribution in [0.4, 0.5) is 5.69 Å². The van der Waals surface area contributed by atoms with Crippen LogP contribution in [0.1, 0.15) is 27.0 Å². The number of phenolic OH excluding ortho intramolecular Hbond substituents is 1. The van der Waals surface area contributed by atoms with Gasteiger partial charge in [0.1, 0.15) is 5.75 Å². The molecule has 4 nitrogen and oxygen atoms in total. The third kappa shape index (κ3) is 2.96. The Labute approximate surface area is 143 Å². The van der Waals surface area contributed by atoms with Crippen molar-refractivity contribution in [2.24, 2.45) is 0 Å². The molecule has 1 aliphatic rings. The molecular weight excluding hydrogens is 300 g/mol. The number of carbonyl (C=O) groups is 1. The van der Waals surface area contributed by atoms with Crippen LogP contribution in [0.15, 0.2) is 36.4 Å². The van der Waals surface area contributed by atoms with Crippen molar-refractivity contribution in [3.8, 4) is 5.75 Å². The molecule has 2 aromatic carbocycles. The number of benzene rings is 2. The van der Waals surface area contributed by atoms with E-state index in [0.29, 0.717) is 18.7 Å². The van der Waals surface area contributed by atoms with Gasteiger partial charge in [0.25, 0.3) is 5.91 Å². The Kier molecular flexibility index (Phi) is 4.47. The first kappa shape index (κ1) is 16.4. The Hall–Kier alpha value is -2.49. The Morgan fingerprint density at radius 1 is 0.917 bits per heavy atom. The highest BCUT2D eigenvalue weighted by Gasteiger charge is 2.25. The molecule has 0 atom stereocenters. The highest BCUT2D eigenvalue weighted by atomic mass is 16.3. The molecule has 24 heavy (non-hydrogen) atoms. The molecule has 1 aliphatic heterocycles. The van der Waals surface area contributed by atoms with E-state index in [-0.39, 0.29) is 11.7 Å². The molecule has 2 aromatic rings. The second kappa shape index (κ2) is 6.56. The number of hydrogen-bond acceptors (Lipinski definition) is 3. The van der Waals surface area contributed by atoms with Crippen molar-refractivity contribution in [1.29, 1.82) is 0 Å². The van der Waals surface area contributed by atoms with E-state index >= 15 is 0 Å². The maximum atomic E-state index is 12.7. The normalized spacial score (nSPS) is 14.8. The van der Waals surface area contributed by atoms with Gasteiger partial charge in [-0.3, -0.25) is 4.79 Å². The Morgan fingerprint density at radius 2 is 1.54 bits per heavy atom. The first-order chi connectivity index (χ1) is 11.5.